The molecule has 3 aromatic rings. The Hall–Kier alpha value is -4.73. The standard InChI is InChI=1S/C25H32N4O2.C8H6O4/c1-17(2)15-24(30)28-23-6-4-18-16-19(3-5-22(18)23)25(31)27-20-9-13-29(14-10-20)21-7-11-26-12-8-21;9-7(10)5-2-1-3-6(4-5)8(11)12/h3,5,7-8,11-12,16-17,20,23H,4,6,9-10,13-15H2,1-2H3,(H,27,31)(H,28,30);1-4H,(H,9,10)(H,11,12). The summed E-state index contributed by atoms with van der Waals surface area (Å²) in [5.74, 6) is -1.80. The van der Waals surface area contributed by atoms with Crippen LogP contribution in [-0.4, -0.2) is 58.1 Å². The number of fused-ring (bicyclic) bond motifs is 1. The van der Waals surface area contributed by atoms with Gasteiger partial charge in [-0.3, -0.25) is 14.6 Å². The first kappa shape index (κ1) is 31.2. The third-order valence-corrected chi connectivity index (χ3v) is 7.63. The molecule has 2 amide bonds. The van der Waals surface area contributed by atoms with Gasteiger partial charge in [0.25, 0.3) is 5.91 Å². The van der Waals surface area contributed by atoms with Crippen LogP contribution in [0.4, 0.5) is 5.69 Å². The molecule has 1 aliphatic heterocycles. The molecule has 2 aliphatic rings. The lowest BCUT2D eigenvalue weighted by molar-refractivity contribution is -0.122. The third-order valence-electron chi connectivity index (χ3n) is 7.63. The molecule has 1 aliphatic carbocycles. The SMILES string of the molecule is CC(C)CC(=O)NC1CCc2cc(C(=O)NC3CCN(c4ccncc4)CC3)ccc21.O=C(O)c1cccc(C(=O)O)c1. The summed E-state index contributed by atoms with van der Waals surface area (Å²) in [7, 11) is 0. The van der Waals surface area contributed by atoms with E-state index in [0.29, 0.717) is 17.9 Å². The van der Waals surface area contributed by atoms with Crippen LogP contribution in [0.15, 0.2) is 67.0 Å². The molecular weight excluding hydrogens is 548 g/mol. The predicted octanol–water partition coefficient (Wildman–Crippen LogP) is 4.71. The molecule has 10 nitrogen and oxygen atoms in total. The molecule has 226 valence electrons. The predicted molar refractivity (Wildman–Crippen MR) is 162 cm³/mol. The minimum Gasteiger partial charge on any atom is -0.478 e. The van der Waals surface area contributed by atoms with Crippen LogP contribution in [0.3, 0.4) is 0 Å². The molecule has 4 N–H and O–H groups in total. The van der Waals surface area contributed by atoms with E-state index in [1.165, 1.54) is 29.4 Å². The van der Waals surface area contributed by atoms with Gasteiger partial charge in [0.2, 0.25) is 5.91 Å². The number of pyridine rings is 1. The number of nitrogens with one attached hydrogen (secondary N) is 2. The van der Waals surface area contributed by atoms with Crippen molar-refractivity contribution in [3.05, 3.63) is 94.8 Å². The van der Waals surface area contributed by atoms with Gasteiger partial charge < -0.3 is 25.7 Å². The van der Waals surface area contributed by atoms with Crippen molar-refractivity contribution in [3.63, 3.8) is 0 Å². The van der Waals surface area contributed by atoms with Crippen molar-refractivity contribution in [2.45, 2.75) is 58.0 Å². The average molecular weight is 587 g/mol. The van der Waals surface area contributed by atoms with Crippen LogP contribution in [0.5, 0.6) is 0 Å². The monoisotopic (exact) mass is 586 g/mol. The summed E-state index contributed by atoms with van der Waals surface area (Å²) in [6, 6.07) is 15.4. The highest BCUT2D eigenvalue weighted by Crippen LogP contribution is 2.32. The van der Waals surface area contributed by atoms with Crippen LogP contribution in [0, 0.1) is 5.92 Å². The molecule has 10 heteroatoms. The van der Waals surface area contributed by atoms with Crippen molar-refractivity contribution in [1.82, 2.24) is 15.6 Å². The molecular formula is C33H38N4O6. The number of rotatable bonds is 8. The first-order chi connectivity index (χ1) is 20.6. The number of anilines is 1. The van der Waals surface area contributed by atoms with Crippen molar-refractivity contribution in [3.8, 4) is 0 Å². The second-order valence-electron chi connectivity index (χ2n) is 11.3. The molecule has 1 fully saturated rings. The van der Waals surface area contributed by atoms with Gasteiger partial charge in [-0.1, -0.05) is 26.0 Å². The van der Waals surface area contributed by atoms with Crippen LogP contribution >= 0.6 is 0 Å². The lowest BCUT2D eigenvalue weighted by Crippen LogP contribution is -2.44. The fourth-order valence-electron chi connectivity index (χ4n) is 5.42. The Bertz CT molecular complexity index is 1420. The number of aromatic carboxylic acids is 2. The average Bonchev–Trinajstić information content (AvgIpc) is 3.39. The summed E-state index contributed by atoms with van der Waals surface area (Å²) < 4.78 is 0. The zero-order chi connectivity index (χ0) is 30.9. The number of carboxylic acid groups (broad SMARTS) is 2. The van der Waals surface area contributed by atoms with Crippen molar-refractivity contribution >= 4 is 29.4 Å². The quantitative estimate of drug-likeness (QED) is 0.297. The summed E-state index contributed by atoms with van der Waals surface area (Å²) in [5, 5.41) is 23.4. The summed E-state index contributed by atoms with van der Waals surface area (Å²) in [5.41, 5.74) is 4.19. The molecule has 1 saturated heterocycles. The smallest absolute Gasteiger partial charge is 0.335 e. The topological polar surface area (TPSA) is 149 Å². The number of carbonyl (C=O) groups excluding carboxylic acids is 2. The molecule has 0 bridgehead atoms. The number of nitrogens with zero attached hydrogens (tertiary/aromatic N) is 2. The maximum absolute atomic E-state index is 12.8. The van der Waals surface area contributed by atoms with E-state index in [-0.39, 0.29) is 35.0 Å². The van der Waals surface area contributed by atoms with Gasteiger partial charge in [-0.25, -0.2) is 9.59 Å². The van der Waals surface area contributed by atoms with Crippen molar-refractivity contribution in [1.29, 1.82) is 0 Å². The Labute approximate surface area is 251 Å². The zero-order valence-electron chi connectivity index (χ0n) is 24.5. The van der Waals surface area contributed by atoms with Gasteiger partial charge in [0.05, 0.1) is 17.2 Å². The zero-order valence-corrected chi connectivity index (χ0v) is 24.5. The van der Waals surface area contributed by atoms with Gasteiger partial charge in [-0.15, -0.1) is 0 Å². The van der Waals surface area contributed by atoms with Crippen LogP contribution in [0.25, 0.3) is 0 Å². The third kappa shape index (κ3) is 8.64. The largest absolute Gasteiger partial charge is 0.478 e. The molecule has 0 radical (unpaired) electrons. The van der Waals surface area contributed by atoms with E-state index in [9.17, 15) is 19.2 Å². The fourth-order valence-corrected chi connectivity index (χ4v) is 5.42. The molecule has 0 spiro atoms. The van der Waals surface area contributed by atoms with Crippen LogP contribution in [-0.2, 0) is 11.2 Å². The summed E-state index contributed by atoms with van der Waals surface area (Å²) in [6.45, 7) is 5.96. The maximum atomic E-state index is 12.8. The van der Waals surface area contributed by atoms with Gasteiger partial charge in [-0.2, -0.15) is 0 Å². The number of carboxylic acids is 2. The molecule has 1 aromatic heterocycles. The number of amides is 2. The highest BCUT2D eigenvalue weighted by atomic mass is 16.4. The Kier molecular flexibility index (Phi) is 10.5. The van der Waals surface area contributed by atoms with E-state index in [4.69, 9.17) is 10.2 Å². The molecule has 2 heterocycles. The van der Waals surface area contributed by atoms with E-state index >= 15 is 0 Å². The lowest BCUT2D eigenvalue weighted by Gasteiger charge is -2.33. The minimum absolute atomic E-state index is 0.00236. The highest BCUT2D eigenvalue weighted by Gasteiger charge is 2.26. The van der Waals surface area contributed by atoms with Crippen molar-refractivity contribution < 1.29 is 29.4 Å². The Balaban J connectivity index is 0.000000296. The van der Waals surface area contributed by atoms with Gasteiger partial charge in [0.1, 0.15) is 0 Å². The maximum Gasteiger partial charge on any atom is 0.335 e. The van der Waals surface area contributed by atoms with E-state index in [0.717, 1.165) is 50.4 Å². The van der Waals surface area contributed by atoms with Crippen LogP contribution < -0.4 is 15.5 Å². The summed E-state index contributed by atoms with van der Waals surface area (Å²) in [4.78, 5) is 52.2. The second-order valence-corrected chi connectivity index (χ2v) is 11.3. The highest BCUT2D eigenvalue weighted by molar-refractivity contribution is 5.95. The van der Waals surface area contributed by atoms with Crippen LogP contribution in [0.2, 0.25) is 0 Å². The molecule has 1 unspecified atom stereocenters. The minimum atomic E-state index is -1.13. The Morgan fingerprint density at radius 3 is 2.12 bits per heavy atom. The molecule has 43 heavy (non-hydrogen) atoms. The lowest BCUT2D eigenvalue weighted by atomic mass is 10.0. The first-order valence-electron chi connectivity index (χ1n) is 14.6. The molecule has 5 rings (SSSR count). The van der Waals surface area contributed by atoms with Crippen molar-refractivity contribution in [2.24, 2.45) is 5.92 Å². The molecule has 0 saturated carbocycles. The number of benzene rings is 2. The first-order valence-corrected chi connectivity index (χ1v) is 14.6. The fraction of sp³-hybridized carbons (Fsp3) is 0.364. The van der Waals surface area contributed by atoms with Crippen LogP contribution in [0.1, 0.15) is 87.8 Å². The van der Waals surface area contributed by atoms with Crippen molar-refractivity contribution in [2.75, 3.05) is 18.0 Å². The number of hydrogen-bond donors (Lipinski definition) is 4. The van der Waals surface area contributed by atoms with E-state index < -0.39 is 11.9 Å². The van der Waals surface area contributed by atoms with Gasteiger partial charge in [-0.05, 0) is 85.2 Å². The molecule has 2 aromatic carbocycles. The van der Waals surface area contributed by atoms with Gasteiger partial charge >= 0.3 is 11.9 Å². The number of hydrogen-bond acceptors (Lipinski definition) is 6. The number of aryl methyl sites for hydroxylation is 1. The van der Waals surface area contributed by atoms with Gasteiger partial charge in [0, 0.05) is 49.2 Å². The summed E-state index contributed by atoms with van der Waals surface area (Å²) in [6.07, 6.45) is 7.85. The van der Waals surface area contributed by atoms with E-state index in [2.05, 4.69) is 34.4 Å². The number of carbonyl (C=O) groups is 4. The van der Waals surface area contributed by atoms with E-state index in [1.807, 2.05) is 42.7 Å². The Morgan fingerprint density at radius 1 is 0.860 bits per heavy atom. The number of aromatic nitrogens is 1. The van der Waals surface area contributed by atoms with E-state index in [1.54, 1.807) is 0 Å². The number of piperidine rings is 1. The molecule has 1 atom stereocenters. The summed E-state index contributed by atoms with van der Waals surface area (Å²) >= 11 is 0. The normalized spacial score (nSPS) is 16.1. The second kappa shape index (κ2) is 14.4. The van der Waals surface area contributed by atoms with Gasteiger partial charge in [0.15, 0.2) is 0 Å². The Morgan fingerprint density at radius 2 is 1.51 bits per heavy atom.